The van der Waals surface area contributed by atoms with Crippen molar-refractivity contribution in [2.75, 3.05) is 13.2 Å². The van der Waals surface area contributed by atoms with Crippen LogP contribution in [0.2, 0.25) is 0 Å². The molecule has 73 heavy (non-hydrogen) atoms. The minimum atomic E-state index is -0.796. The highest BCUT2D eigenvalue weighted by Gasteiger charge is 2.19. The lowest BCUT2D eigenvalue weighted by Gasteiger charge is -2.18. The Hall–Kier alpha value is -4.71. The normalized spacial score (nSPS) is 13.2. The molecule has 6 heteroatoms. The van der Waals surface area contributed by atoms with Gasteiger partial charge in [-0.3, -0.25) is 14.4 Å². The number of allylic oxidation sites excluding steroid dienone is 24. The van der Waals surface area contributed by atoms with Gasteiger partial charge in [0.1, 0.15) is 13.2 Å². The summed E-state index contributed by atoms with van der Waals surface area (Å²) in [6.45, 7) is 6.29. The lowest BCUT2D eigenvalue weighted by molar-refractivity contribution is -0.167. The summed E-state index contributed by atoms with van der Waals surface area (Å²) in [6.07, 6.45) is 85.9. The van der Waals surface area contributed by atoms with E-state index in [1.54, 1.807) is 0 Å². The first-order valence-corrected chi connectivity index (χ1v) is 29.3. The number of ether oxygens (including phenoxy) is 3. The first-order valence-electron chi connectivity index (χ1n) is 29.3. The topological polar surface area (TPSA) is 78.9 Å². The monoisotopic (exact) mass is 1010 g/mol. The van der Waals surface area contributed by atoms with Crippen LogP contribution in [-0.2, 0) is 28.6 Å². The number of esters is 3. The van der Waals surface area contributed by atoms with Crippen molar-refractivity contribution in [3.05, 3.63) is 146 Å². The molecule has 0 radical (unpaired) electrons. The van der Waals surface area contributed by atoms with Gasteiger partial charge >= 0.3 is 17.9 Å². The Morgan fingerprint density at radius 1 is 0.288 bits per heavy atom. The average molecular weight is 1010 g/mol. The fraction of sp³-hybridized carbons (Fsp3) is 0.597. The third kappa shape index (κ3) is 58.1. The molecule has 410 valence electrons. The van der Waals surface area contributed by atoms with E-state index in [-0.39, 0.29) is 31.1 Å². The number of unbranched alkanes of at least 4 members (excludes halogenated alkanes) is 16. The molecule has 0 saturated heterocycles. The molecule has 0 heterocycles. The Kier molecular flexibility index (Phi) is 56.0. The largest absolute Gasteiger partial charge is 0.462 e. The fourth-order valence-electron chi connectivity index (χ4n) is 7.51. The maximum atomic E-state index is 12.8. The van der Waals surface area contributed by atoms with Crippen LogP contribution >= 0.6 is 0 Å². The Balaban J connectivity index is 4.19. The van der Waals surface area contributed by atoms with Gasteiger partial charge in [-0.15, -0.1) is 0 Å². The van der Waals surface area contributed by atoms with Crippen LogP contribution in [-0.4, -0.2) is 37.2 Å². The second kappa shape index (κ2) is 59.8. The first kappa shape index (κ1) is 68.3. The van der Waals surface area contributed by atoms with Crippen molar-refractivity contribution in [1.29, 1.82) is 0 Å². The van der Waals surface area contributed by atoms with Crippen LogP contribution in [0.5, 0.6) is 0 Å². The Bertz CT molecular complexity index is 1630. The van der Waals surface area contributed by atoms with Crippen molar-refractivity contribution in [2.45, 2.75) is 245 Å². The van der Waals surface area contributed by atoms with Gasteiger partial charge in [-0.05, 0) is 122 Å². The van der Waals surface area contributed by atoms with E-state index in [9.17, 15) is 14.4 Å². The van der Waals surface area contributed by atoms with Crippen LogP contribution in [0.25, 0.3) is 0 Å². The van der Waals surface area contributed by atoms with E-state index in [1.165, 1.54) is 25.7 Å². The van der Waals surface area contributed by atoms with Crippen LogP contribution in [0, 0.1) is 0 Å². The summed E-state index contributed by atoms with van der Waals surface area (Å²) in [5.41, 5.74) is 0. The van der Waals surface area contributed by atoms with Gasteiger partial charge in [0.05, 0.1) is 0 Å². The third-order valence-corrected chi connectivity index (χ3v) is 11.8. The van der Waals surface area contributed by atoms with E-state index in [0.717, 1.165) is 173 Å². The van der Waals surface area contributed by atoms with Gasteiger partial charge in [0.2, 0.25) is 0 Å². The molecular formula is C67H106O6. The van der Waals surface area contributed by atoms with Gasteiger partial charge in [-0.2, -0.15) is 0 Å². The molecule has 0 aromatic carbocycles. The molecule has 0 amide bonds. The van der Waals surface area contributed by atoms with Crippen LogP contribution in [0.1, 0.15) is 239 Å². The zero-order valence-corrected chi connectivity index (χ0v) is 46.8. The molecule has 0 spiro atoms. The lowest BCUT2D eigenvalue weighted by atomic mass is 10.1. The number of hydrogen-bond acceptors (Lipinski definition) is 6. The highest BCUT2D eigenvalue weighted by Crippen LogP contribution is 2.13. The number of carbonyl (C=O) groups is 3. The summed E-state index contributed by atoms with van der Waals surface area (Å²) in [5, 5.41) is 0. The van der Waals surface area contributed by atoms with Crippen LogP contribution in [0.15, 0.2) is 146 Å². The summed E-state index contributed by atoms with van der Waals surface area (Å²) in [7, 11) is 0. The Labute approximate surface area is 448 Å². The maximum Gasteiger partial charge on any atom is 0.306 e. The molecule has 0 N–H and O–H groups in total. The van der Waals surface area contributed by atoms with Crippen molar-refractivity contribution in [1.82, 2.24) is 0 Å². The smallest absolute Gasteiger partial charge is 0.306 e. The average Bonchev–Trinajstić information content (AvgIpc) is 3.39. The SMILES string of the molecule is CC/C=C\C/C=C\C/C=C\C/C=C\C/C=C\C/C=C\C/C=C\CCCCCCCCCC(=O)OCC(COC(=O)CCCCCCC)OC(=O)CCCCCCC/C=C\C/C=C\C/C=C\C/C=C\C/C=C\CC. The zero-order chi connectivity index (χ0) is 52.9. The second-order valence-corrected chi connectivity index (χ2v) is 18.8. The molecule has 0 aliphatic carbocycles. The summed E-state index contributed by atoms with van der Waals surface area (Å²) in [4.78, 5) is 37.8. The predicted octanol–water partition coefficient (Wildman–Crippen LogP) is 20.0. The lowest BCUT2D eigenvalue weighted by Crippen LogP contribution is -2.30. The second-order valence-electron chi connectivity index (χ2n) is 18.8. The van der Waals surface area contributed by atoms with Gasteiger partial charge in [0.25, 0.3) is 0 Å². The van der Waals surface area contributed by atoms with Crippen molar-refractivity contribution >= 4 is 17.9 Å². The minimum absolute atomic E-state index is 0.0954. The van der Waals surface area contributed by atoms with E-state index in [1.807, 2.05) is 0 Å². The summed E-state index contributed by atoms with van der Waals surface area (Å²) in [6, 6.07) is 0. The van der Waals surface area contributed by atoms with Crippen LogP contribution in [0.3, 0.4) is 0 Å². The number of hydrogen-bond donors (Lipinski definition) is 0. The fourth-order valence-corrected chi connectivity index (χ4v) is 7.51. The Morgan fingerprint density at radius 3 is 0.836 bits per heavy atom. The maximum absolute atomic E-state index is 12.8. The summed E-state index contributed by atoms with van der Waals surface area (Å²) < 4.78 is 16.7. The van der Waals surface area contributed by atoms with Gasteiger partial charge in [-0.25, -0.2) is 0 Å². The molecule has 0 aromatic rings. The van der Waals surface area contributed by atoms with E-state index in [0.29, 0.717) is 19.3 Å². The van der Waals surface area contributed by atoms with E-state index >= 15 is 0 Å². The summed E-state index contributed by atoms with van der Waals surface area (Å²) in [5.74, 6) is -0.946. The quantitative estimate of drug-likeness (QED) is 0.0261. The van der Waals surface area contributed by atoms with Crippen molar-refractivity contribution in [2.24, 2.45) is 0 Å². The highest BCUT2D eigenvalue weighted by molar-refractivity contribution is 5.71. The van der Waals surface area contributed by atoms with Crippen LogP contribution in [0.4, 0.5) is 0 Å². The molecule has 1 atom stereocenters. The summed E-state index contributed by atoms with van der Waals surface area (Å²) >= 11 is 0. The van der Waals surface area contributed by atoms with Crippen molar-refractivity contribution in [3.63, 3.8) is 0 Å². The minimum Gasteiger partial charge on any atom is -0.462 e. The Morgan fingerprint density at radius 2 is 0.534 bits per heavy atom. The molecule has 0 rings (SSSR count). The van der Waals surface area contributed by atoms with Crippen molar-refractivity contribution < 1.29 is 28.6 Å². The standard InChI is InChI=1S/C67H106O6/c1-4-7-10-13-15-17-19-21-23-25-27-29-30-31-32-33-34-35-36-38-39-41-43-45-47-49-51-54-57-60-66(69)72-63-64(62-71-65(68)59-56-53-12-9-6-3)73-67(70)61-58-55-52-50-48-46-44-42-40-37-28-26-24-22-20-18-16-14-11-8-5-2/h7-8,10-11,15-18,21-24,27-29,31-32,34-35,37-39,42,44,64H,4-6,9,12-14,19-20,25-26,30,33,36,40-41,43,45-63H2,1-3H3/b10-7-,11-8-,17-15-,18-16-,23-21-,24-22-,29-27-,32-31-,35-34-,37-28-,39-38-,44-42-. The molecule has 0 saturated carbocycles. The zero-order valence-electron chi connectivity index (χ0n) is 46.8. The van der Waals surface area contributed by atoms with Crippen molar-refractivity contribution in [3.8, 4) is 0 Å². The third-order valence-electron chi connectivity index (χ3n) is 11.8. The van der Waals surface area contributed by atoms with Gasteiger partial charge in [0.15, 0.2) is 6.10 Å². The number of carbonyl (C=O) groups excluding carboxylic acids is 3. The van der Waals surface area contributed by atoms with Gasteiger partial charge in [0, 0.05) is 19.3 Å². The molecule has 0 bridgehead atoms. The number of rotatable bonds is 51. The molecule has 0 aliphatic heterocycles. The van der Waals surface area contributed by atoms with E-state index < -0.39 is 6.10 Å². The van der Waals surface area contributed by atoms with Crippen LogP contribution < -0.4 is 0 Å². The molecule has 0 aliphatic rings. The first-order chi connectivity index (χ1) is 36.0. The highest BCUT2D eigenvalue weighted by atomic mass is 16.6. The molecule has 0 aromatic heterocycles. The van der Waals surface area contributed by atoms with Gasteiger partial charge < -0.3 is 14.2 Å². The molecule has 6 nitrogen and oxygen atoms in total. The molecular weight excluding hydrogens is 901 g/mol. The van der Waals surface area contributed by atoms with E-state index in [4.69, 9.17) is 14.2 Å². The van der Waals surface area contributed by atoms with Gasteiger partial charge in [-0.1, -0.05) is 244 Å². The molecule has 1 unspecified atom stereocenters. The van der Waals surface area contributed by atoms with E-state index in [2.05, 4.69) is 167 Å². The molecule has 0 fully saturated rings. The predicted molar refractivity (Wildman–Crippen MR) is 315 cm³/mol.